The SMILES string of the molecule is Cc1nnc([C@@H]2O[C@H](CO)[C@H](O)[C@H](n3cc(-c4ccc(Br)c(F)c4)nn3)[C@H]2O)n1-c1cc(Cl)cc2cccnc12. The third-order valence-corrected chi connectivity index (χ3v) is 7.78. The lowest BCUT2D eigenvalue weighted by Gasteiger charge is -2.41. The first-order valence-electron chi connectivity index (χ1n) is 12.2. The van der Waals surface area contributed by atoms with Gasteiger partial charge in [-0.2, -0.15) is 0 Å². The summed E-state index contributed by atoms with van der Waals surface area (Å²) < 4.78 is 23.4. The zero-order valence-electron chi connectivity index (χ0n) is 20.8. The number of aliphatic hydroxyl groups excluding tert-OH is 3. The molecule has 206 valence electrons. The predicted octanol–water partition coefficient (Wildman–Crippen LogP) is 3.33. The molecule has 0 amide bonds. The number of rotatable bonds is 5. The summed E-state index contributed by atoms with van der Waals surface area (Å²) in [7, 11) is 0. The van der Waals surface area contributed by atoms with Gasteiger partial charge in [-0.25, -0.2) is 9.07 Å². The molecule has 14 heteroatoms. The van der Waals surface area contributed by atoms with Gasteiger partial charge in [0, 0.05) is 22.2 Å². The molecule has 40 heavy (non-hydrogen) atoms. The van der Waals surface area contributed by atoms with Crippen molar-refractivity contribution in [3.63, 3.8) is 0 Å². The van der Waals surface area contributed by atoms with Crippen LogP contribution >= 0.6 is 27.5 Å². The summed E-state index contributed by atoms with van der Waals surface area (Å²) in [4.78, 5) is 4.50. The van der Waals surface area contributed by atoms with E-state index in [1.54, 1.807) is 48.0 Å². The molecule has 1 aliphatic heterocycles. The van der Waals surface area contributed by atoms with Gasteiger partial charge < -0.3 is 20.1 Å². The normalized spacial score (nSPS) is 23.1. The molecule has 0 saturated carbocycles. The zero-order chi connectivity index (χ0) is 28.1. The number of benzene rings is 2. The molecule has 1 aliphatic rings. The molecule has 1 fully saturated rings. The number of aryl methyl sites for hydroxylation is 1. The molecule has 4 heterocycles. The first kappa shape index (κ1) is 26.9. The fourth-order valence-electron chi connectivity index (χ4n) is 5.01. The second kappa shape index (κ2) is 10.6. The van der Waals surface area contributed by atoms with Gasteiger partial charge in [0.15, 0.2) is 5.82 Å². The monoisotopic (exact) mass is 629 g/mol. The Hall–Kier alpha value is -3.33. The number of hydrogen-bond donors (Lipinski definition) is 3. The number of ether oxygens (including phenoxy) is 1. The number of nitrogens with zero attached hydrogens (tertiary/aromatic N) is 7. The fourth-order valence-corrected chi connectivity index (χ4v) is 5.47. The Morgan fingerprint density at radius 1 is 1.10 bits per heavy atom. The van der Waals surface area contributed by atoms with E-state index in [1.807, 2.05) is 6.07 Å². The van der Waals surface area contributed by atoms with Gasteiger partial charge in [0.25, 0.3) is 0 Å². The number of halogens is 3. The largest absolute Gasteiger partial charge is 0.394 e. The minimum absolute atomic E-state index is 0.213. The summed E-state index contributed by atoms with van der Waals surface area (Å²) in [6.07, 6.45) is -1.88. The van der Waals surface area contributed by atoms with Crippen LogP contribution in [0.1, 0.15) is 23.8 Å². The van der Waals surface area contributed by atoms with E-state index in [1.165, 1.54) is 16.9 Å². The second-order valence-electron chi connectivity index (χ2n) is 9.40. The minimum Gasteiger partial charge on any atom is -0.394 e. The molecule has 3 aromatic heterocycles. The molecular weight excluding hydrogens is 609 g/mol. The summed E-state index contributed by atoms with van der Waals surface area (Å²) in [5.74, 6) is 0.213. The highest BCUT2D eigenvalue weighted by Crippen LogP contribution is 2.39. The number of fused-ring (bicyclic) bond motifs is 1. The Kier molecular flexibility index (Phi) is 7.10. The van der Waals surface area contributed by atoms with Crippen LogP contribution < -0.4 is 0 Å². The number of aliphatic hydroxyl groups is 3. The smallest absolute Gasteiger partial charge is 0.169 e. The van der Waals surface area contributed by atoms with E-state index < -0.39 is 42.9 Å². The molecule has 0 spiro atoms. The molecule has 5 aromatic rings. The van der Waals surface area contributed by atoms with Crippen molar-refractivity contribution in [3.8, 4) is 16.9 Å². The van der Waals surface area contributed by atoms with Gasteiger partial charge in [0.2, 0.25) is 0 Å². The van der Waals surface area contributed by atoms with Crippen LogP contribution in [-0.4, -0.2) is 75.0 Å². The van der Waals surface area contributed by atoms with Crippen LogP contribution in [0, 0.1) is 12.7 Å². The molecule has 3 N–H and O–H groups in total. The highest BCUT2D eigenvalue weighted by molar-refractivity contribution is 9.10. The predicted molar refractivity (Wildman–Crippen MR) is 145 cm³/mol. The van der Waals surface area contributed by atoms with Crippen molar-refractivity contribution in [2.24, 2.45) is 0 Å². The van der Waals surface area contributed by atoms with E-state index >= 15 is 0 Å². The summed E-state index contributed by atoms with van der Waals surface area (Å²) >= 11 is 9.55. The van der Waals surface area contributed by atoms with Crippen molar-refractivity contribution in [2.75, 3.05) is 6.61 Å². The van der Waals surface area contributed by atoms with Crippen molar-refractivity contribution in [1.29, 1.82) is 0 Å². The second-order valence-corrected chi connectivity index (χ2v) is 10.7. The molecule has 6 rings (SSSR count). The maximum Gasteiger partial charge on any atom is 0.169 e. The first-order valence-corrected chi connectivity index (χ1v) is 13.4. The molecule has 5 atom stereocenters. The van der Waals surface area contributed by atoms with Crippen LogP contribution in [0.25, 0.3) is 27.8 Å². The van der Waals surface area contributed by atoms with Crippen LogP contribution in [0.15, 0.2) is 59.3 Å². The first-order chi connectivity index (χ1) is 19.3. The molecule has 11 nitrogen and oxygen atoms in total. The standard InChI is InChI=1S/C26H22BrClFN7O4/c1-12-31-33-26(36(12)19-9-15(28)7-14-3-2-6-30-21(14)19)25-24(39)22(23(38)20(11-37)40-25)35-10-18(32-34-35)13-4-5-16(27)17(29)8-13/h2-10,20,22-25,37-39H,11H2,1H3/t20-,22+,23+,24-,25-/m1/s1. The molecule has 0 radical (unpaired) electrons. The van der Waals surface area contributed by atoms with Crippen LogP contribution in [0.5, 0.6) is 0 Å². The highest BCUT2D eigenvalue weighted by Gasteiger charge is 2.48. The van der Waals surface area contributed by atoms with E-state index in [9.17, 15) is 19.7 Å². The summed E-state index contributed by atoms with van der Waals surface area (Å²) in [6.45, 7) is 1.19. The molecule has 0 bridgehead atoms. The highest BCUT2D eigenvalue weighted by atomic mass is 79.9. The maximum absolute atomic E-state index is 14.1. The van der Waals surface area contributed by atoms with Crippen molar-refractivity contribution in [2.45, 2.75) is 37.4 Å². The topological polar surface area (TPSA) is 144 Å². The lowest BCUT2D eigenvalue weighted by Crippen LogP contribution is -2.53. The van der Waals surface area contributed by atoms with Gasteiger partial charge in [-0.1, -0.05) is 28.9 Å². The van der Waals surface area contributed by atoms with E-state index in [2.05, 4.69) is 41.4 Å². The summed E-state index contributed by atoms with van der Waals surface area (Å²) in [5, 5.41) is 50.7. The van der Waals surface area contributed by atoms with Gasteiger partial charge in [-0.15, -0.1) is 15.3 Å². The van der Waals surface area contributed by atoms with Crippen LogP contribution in [-0.2, 0) is 4.74 Å². The van der Waals surface area contributed by atoms with Gasteiger partial charge in [-0.05, 0) is 53.2 Å². The van der Waals surface area contributed by atoms with Crippen molar-refractivity contribution >= 4 is 38.4 Å². The zero-order valence-corrected chi connectivity index (χ0v) is 23.1. The molecule has 0 unspecified atom stereocenters. The molecule has 2 aromatic carbocycles. The van der Waals surface area contributed by atoms with Crippen molar-refractivity contribution in [3.05, 3.63) is 81.8 Å². The van der Waals surface area contributed by atoms with Gasteiger partial charge in [-0.3, -0.25) is 9.55 Å². The van der Waals surface area contributed by atoms with Gasteiger partial charge >= 0.3 is 0 Å². The van der Waals surface area contributed by atoms with Gasteiger partial charge in [0.05, 0.1) is 28.5 Å². The average Bonchev–Trinajstić information content (AvgIpc) is 3.57. The average molecular weight is 631 g/mol. The Balaban J connectivity index is 1.43. The van der Waals surface area contributed by atoms with Crippen LogP contribution in [0.4, 0.5) is 4.39 Å². The van der Waals surface area contributed by atoms with E-state index in [4.69, 9.17) is 16.3 Å². The number of hydrogen-bond acceptors (Lipinski definition) is 9. The lowest BCUT2D eigenvalue weighted by atomic mass is 9.92. The Morgan fingerprint density at radius 3 is 2.70 bits per heavy atom. The third-order valence-electron chi connectivity index (χ3n) is 6.92. The Bertz CT molecular complexity index is 1720. The van der Waals surface area contributed by atoms with Crippen LogP contribution in [0.3, 0.4) is 0 Å². The van der Waals surface area contributed by atoms with E-state index in [-0.39, 0.29) is 5.82 Å². The van der Waals surface area contributed by atoms with Crippen LogP contribution in [0.2, 0.25) is 5.02 Å². The van der Waals surface area contributed by atoms with Crippen molar-refractivity contribution in [1.82, 2.24) is 34.7 Å². The maximum atomic E-state index is 14.1. The number of pyridine rings is 1. The fraction of sp³-hybridized carbons (Fsp3) is 0.269. The molecule has 1 saturated heterocycles. The minimum atomic E-state index is -1.41. The van der Waals surface area contributed by atoms with Gasteiger partial charge in [0.1, 0.15) is 47.8 Å². The number of aromatic nitrogens is 7. The Morgan fingerprint density at radius 2 is 1.93 bits per heavy atom. The molecular formula is C26H22BrClFN7O4. The summed E-state index contributed by atoms with van der Waals surface area (Å²) in [6, 6.07) is 10.6. The summed E-state index contributed by atoms with van der Waals surface area (Å²) in [5.41, 5.74) is 1.97. The lowest BCUT2D eigenvalue weighted by molar-refractivity contribution is -0.210. The van der Waals surface area contributed by atoms with E-state index in [0.29, 0.717) is 37.8 Å². The van der Waals surface area contributed by atoms with E-state index in [0.717, 1.165) is 5.39 Å². The van der Waals surface area contributed by atoms with Crippen molar-refractivity contribution < 1.29 is 24.4 Å². The quantitative estimate of drug-likeness (QED) is 0.266. The molecule has 0 aliphatic carbocycles. The third kappa shape index (κ3) is 4.58. The Labute approximate surface area is 240 Å².